The van der Waals surface area contributed by atoms with Crippen LogP contribution in [0.1, 0.15) is 12.0 Å². The van der Waals surface area contributed by atoms with Crippen molar-refractivity contribution in [3.63, 3.8) is 0 Å². The fraction of sp³-hybridized carbons (Fsp3) is 0.333. The normalized spacial score (nSPS) is 11.4. The first-order chi connectivity index (χ1) is 9.40. The molecule has 0 heterocycles. The quantitative estimate of drug-likeness (QED) is 0.680. The Morgan fingerprint density at radius 1 is 1.29 bits per heavy atom. The van der Waals surface area contributed by atoms with Crippen LogP contribution >= 0.6 is 12.4 Å². The van der Waals surface area contributed by atoms with E-state index in [9.17, 15) is 18.4 Å². The van der Waals surface area contributed by atoms with Crippen molar-refractivity contribution < 1.29 is 23.1 Å². The zero-order chi connectivity index (χ0) is 15.1. The van der Waals surface area contributed by atoms with E-state index in [0.29, 0.717) is 5.56 Å². The van der Waals surface area contributed by atoms with Crippen molar-refractivity contribution in [1.82, 2.24) is 5.32 Å². The molecule has 0 fully saturated rings. The van der Waals surface area contributed by atoms with Gasteiger partial charge in [-0.05, 0) is 6.07 Å². The Labute approximate surface area is 126 Å². The minimum absolute atomic E-state index is 0. The highest BCUT2D eigenvalue weighted by Gasteiger charge is 2.16. The first-order valence-corrected chi connectivity index (χ1v) is 5.74. The van der Waals surface area contributed by atoms with Gasteiger partial charge in [-0.15, -0.1) is 12.4 Å². The summed E-state index contributed by atoms with van der Waals surface area (Å²) in [6, 6.07) is 4.95. The van der Waals surface area contributed by atoms with Gasteiger partial charge in [0.15, 0.2) is 0 Å². The molecule has 0 aliphatic rings. The lowest BCUT2D eigenvalue weighted by molar-refractivity contribution is -0.126. The van der Waals surface area contributed by atoms with E-state index in [4.69, 9.17) is 11.5 Å². The summed E-state index contributed by atoms with van der Waals surface area (Å²) in [5, 5.41) is 2.42. The number of hydrogen-bond acceptors (Lipinski definition) is 4. The number of carbonyl (C=O) groups is 2. The predicted octanol–water partition coefficient (Wildman–Crippen LogP) is 0.529. The molecule has 0 aliphatic heterocycles. The minimum Gasteiger partial charge on any atom is -0.434 e. The molecule has 5 N–H and O–H groups in total. The Hall–Kier alpha value is -1.93. The van der Waals surface area contributed by atoms with Gasteiger partial charge in [-0.25, -0.2) is 0 Å². The molecule has 0 bridgehead atoms. The van der Waals surface area contributed by atoms with Gasteiger partial charge in [0.05, 0.1) is 12.5 Å². The van der Waals surface area contributed by atoms with Crippen LogP contribution in [0.4, 0.5) is 8.78 Å². The Morgan fingerprint density at radius 3 is 2.48 bits per heavy atom. The molecule has 1 atom stereocenters. The maximum Gasteiger partial charge on any atom is 0.387 e. The number of rotatable bonds is 7. The van der Waals surface area contributed by atoms with Gasteiger partial charge >= 0.3 is 6.61 Å². The van der Waals surface area contributed by atoms with Crippen LogP contribution in [0.2, 0.25) is 0 Å². The largest absolute Gasteiger partial charge is 0.434 e. The second-order valence-corrected chi connectivity index (χ2v) is 3.98. The van der Waals surface area contributed by atoms with Crippen molar-refractivity contribution in [3.05, 3.63) is 29.8 Å². The molecule has 0 saturated heterocycles. The van der Waals surface area contributed by atoms with Gasteiger partial charge in [-0.2, -0.15) is 8.78 Å². The number of nitrogens with one attached hydrogen (secondary N) is 1. The maximum absolute atomic E-state index is 12.2. The Morgan fingerprint density at radius 2 is 1.90 bits per heavy atom. The van der Waals surface area contributed by atoms with Crippen LogP contribution in [0, 0.1) is 0 Å². The van der Waals surface area contributed by atoms with Crippen molar-refractivity contribution in [2.75, 3.05) is 0 Å². The fourth-order valence-electron chi connectivity index (χ4n) is 1.48. The number of para-hydroxylation sites is 1. The van der Waals surface area contributed by atoms with Crippen LogP contribution in [0.15, 0.2) is 24.3 Å². The molecule has 118 valence electrons. The van der Waals surface area contributed by atoms with Crippen molar-refractivity contribution in [1.29, 1.82) is 0 Å². The maximum atomic E-state index is 12.2. The van der Waals surface area contributed by atoms with Crippen LogP contribution in [-0.2, 0) is 16.1 Å². The highest BCUT2D eigenvalue weighted by atomic mass is 35.5. The zero-order valence-electron chi connectivity index (χ0n) is 10.9. The molecular weight excluding hydrogens is 308 g/mol. The first-order valence-electron chi connectivity index (χ1n) is 5.74. The first kappa shape index (κ1) is 19.1. The van der Waals surface area contributed by atoms with Crippen LogP contribution in [0.5, 0.6) is 5.75 Å². The third-order valence-corrected chi connectivity index (χ3v) is 2.40. The smallest absolute Gasteiger partial charge is 0.387 e. The summed E-state index contributed by atoms with van der Waals surface area (Å²) in [6.07, 6.45) is -0.291. The number of amides is 2. The summed E-state index contributed by atoms with van der Waals surface area (Å²) in [4.78, 5) is 22.2. The third-order valence-electron chi connectivity index (χ3n) is 2.40. The summed E-state index contributed by atoms with van der Waals surface area (Å²) < 4.78 is 28.7. The number of primary amides is 1. The molecule has 21 heavy (non-hydrogen) atoms. The van der Waals surface area contributed by atoms with Crippen molar-refractivity contribution in [3.8, 4) is 5.75 Å². The Kier molecular flexibility index (Phi) is 8.25. The van der Waals surface area contributed by atoms with Crippen LogP contribution in [-0.4, -0.2) is 24.5 Å². The second kappa shape index (κ2) is 9.09. The number of hydrogen-bond donors (Lipinski definition) is 3. The second-order valence-electron chi connectivity index (χ2n) is 3.98. The lowest BCUT2D eigenvalue weighted by Crippen LogP contribution is -2.42. The summed E-state index contributed by atoms with van der Waals surface area (Å²) >= 11 is 0. The molecule has 1 aromatic carbocycles. The standard InChI is InChI=1S/C12H15F2N3O3.ClH/c13-12(14)20-9-4-2-1-3-7(9)6-17-11(19)8(15)5-10(16)18;/h1-4,8,12H,5-6,15H2,(H2,16,18)(H,17,19);1H. The summed E-state index contributed by atoms with van der Waals surface area (Å²) in [5.41, 5.74) is 10.7. The van der Waals surface area contributed by atoms with E-state index in [1.165, 1.54) is 18.2 Å². The van der Waals surface area contributed by atoms with Crippen molar-refractivity contribution in [2.24, 2.45) is 11.5 Å². The van der Waals surface area contributed by atoms with E-state index in [0.717, 1.165) is 0 Å². The van der Waals surface area contributed by atoms with Crippen LogP contribution < -0.4 is 21.5 Å². The van der Waals surface area contributed by atoms with Gasteiger partial charge < -0.3 is 21.5 Å². The molecule has 0 spiro atoms. The summed E-state index contributed by atoms with van der Waals surface area (Å²) in [5.74, 6) is -1.34. The van der Waals surface area contributed by atoms with E-state index in [1.54, 1.807) is 6.07 Å². The van der Waals surface area contributed by atoms with E-state index >= 15 is 0 Å². The van der Waals surface area contributed by atoms with Crippen molar-refractivity contribution in [2.45, 2.75) is 25.6 Å². The molecular formula is C12H16ClF2N3O3. The lowest BCUT2D eigenvalue weighted by atomic mass is 10.1. The Bertz CT molecular complexity index is 489. The summed E-state index contributed by atoms with van der Waals surface area (Å²) in [7, 11) is 0. The van der Waals surface area contributed by atoms with Gasteiger partial charge in [0.2, 0.25) is 11.8 Å². The third kappa shape index (κ3) is 6.87. The molecule has 1 aromatic rings. The molecule has 9 heteroatoms. The Balaban J connectivity index is 0.00000400. The number of halogens is 3. The van der Waals surface area contributed by atoms with E-state index in [-0.39, 0.29) is 31.1 Å². The van der Waals surface area contributed by atoms with Gasteiger partial charge in [-0.3, -0.25) is 9.59 Å². The number of alkyl halides is 2. The number of ether oxygens (including phenoxy) is 1. The van der Waals surface area contributed by atoms with Gasteiger partial charge in [0, 0.05) is 12.1 Å². The molecule has 0 radical (unpaired) electrons. The molecule has 1 rings (SSSR count). The predicted molar refractivity (Wildman–Crippen MR) is 74.0 cm³/mol. The SMILES string of the molecule is Cl.NC(=O)CC(N)C(=O)NCc1ccccc1OC(F)F. The lowest BCUT2D eigenvalue weighted by Gasteiger charge is -2.13. The molecule has 0 saturated carbocycles. The van der Waals surface area contributed by atoms with E-state index in [2.05, 4.69) is 10.1 Å². The highest BCUT2D eigenvalue weighted by molar-refractivity contribution is 5.87. The highest BCUT2D eigenvalue weighted by Crippen LogP contribution is 2.19. The van der Waals surface area contributed by atoms with Crippen LogP contribution in [0.25, 0.3) is 0 Å². The average molecular weight is 324 g/mol. The molecule has 0 aromatic heterocycles. The molecule has 1 unspecified atom stereocenters. The average Bonchev–Trinajstić information content (AvgIpc) is 2.35. The zero-order valence-corrected chi connectivity index (χ0v) is 11.7. The topological polar surface area (TPSA) is 107 Å². The molecule has 2 amide bonds. The van der Waals surface area contributed by atoms with Gasteiger partial charge in [-0.1, -0.05) is 18.2 Å². The number of benzene rings is 1. The number of nitrogens with two attached hydrogens (primary N) is 2. The monoisotopic (exact) mass is 323 g/mol. The van der Waals surface area contributed by atoms with Crippen molar-refractivity contribution >= 4 is 24.2 Å². The fourth-order valence-corrected chi connectivity index (χ4v) is 1.48. The van der Waals surface area contributed by atoms with E-state index in [1.807, 2.05) is 0 Å². The molecule has 6 nitrogen and oxygen atoms in total. The molecule has 0 aliphatic carbocycles. The minimum atomic E-state index is -2.95. The van der Waals surface area contributed by atoms with E-state index < -0.39 is 24.5 Å². The van der Waals surface area contributed by atoms with Crippen LogP contribution in [0.3, 0.4) is 0 Å². The number of carbonyl (C=O) groups excluding carboxylic acids is 2. The van der Waals surface area contributed by atoms with Gasteiger partial charge in [0.25, 0.3) is 0 Å². The van der Waals surface area contributed by atoms with Gasteiger partial charge in [0.1, 0.15) is 5.75 Å². The summed E-state index contributed by atoms with van der Waals surface area (Å²) in [6.45, 7) is -3.00.